The molecule has 94 valence electrons. The molecule has 1 atom stereocenters. The van der Waals surface area contributed by atoms with Gasteiger partial charge in [0, 0.05) is 6.54 Å². The zero-order valence-corrected chi connectivity index (χ0v) is 11.1. The van der Waals surface area contributed by atoms with Crippen molar-refractivity contribution in [3.8, 4) is 0 Å². The molecule has 0 saturated carbocycles. The zero-order chi connectivity index (χ0) is 10.7. The maximum Gasteiger partial charge on any atom is 0.273 e. The first-order valence-corrected chi connectivity index (χ1v) is 6.31. The molecule has 0 spiro atoms. The first-order chi connectivity index (χ1) is 7.36. The van der Waals surface area contributed by atoms with Gasteiger partial charge in [-0.15, -0.1) is 17.5 Å². The second kappa shape index (κ2) is 6.24. The Morgan fingerprint density at radius 1 is 1.19 bits per heavy atom. The SMILES string of the molecule is CCCCCCN1C=C2ON2C1CCC.Cl. The molecule has 16 heavy (non-hydrogen) atoms. The van der Waals surface area contributed by atoms with Crippen LogP contribution < -0.4 is 0 Å². The van der Waals surface area contributed by atoms with Gasteiger partial charge in [0.05, 0.1) is 6.20 Å². The number of rotatable bonds is 7. The molecule has 0 aromatic carbocycles. The molecule has 2 rings (SSSR count). The Balaban J connectivity index is 0.00000128. The van der Waals surface area contributed by atoms with Crippen LogP contribution in [0.15, 0.2) is 12.1 Å². The van der Waals surface area contributed by atoms with Crippen molar-refractivity contribution >= 4 is 12.4 Å². The lowest BCUT2D eigenvalue weighted by molar-refractivity contribution is 0.0486. The molecule has 2 heterocycles. The van der Waals surface area contributed by atoms with Gasteiger partial charge in [0.15, 0.2) is 0 Å². The number of hydrogen-bond acceptors (Lipinski definition) is 3. The van der Waals surface area contributed by atoms with Gasteiger partial charge in [0.25, 0.3) is 5.88 Å². The average Bonchev–Trinajstić information content (AvgIpc) is 2.92. The number of nitrogens with zero attached hydrogens (tertiary/aromatic N) is 2. The van der Waals surface area contributed by atoms with Crippen LogP contribution in [0, 0.1) is 0 Å². The largest absolute Gasteiger partial charge is 0.352 e. The highest BCUT2D eigenvalue weighted by atomic mass is 35.5. The summed E-state index contributed by atoms with van der Waals surface area (Å²) in [4.78, 5) is 7.77. The maximum atomic E-state index is 5.33. The highest BCUT2D eigenvalue weighted by Gasteiger charge is 2.45. The summed E-state index contributed by atoms with van der Waals surface area (Å²) in [5, 5.41) is 2.04. The van der Waals surface area contributed by atoms with Crippen molar-refractivity contribution in [2.45, 2.75) is 58.5 Å². The lowest BCUT2D eigenvalue weighted by Crippen LogP contribution is -2.34. The third-order valence-electron chi connectivity index (χ3n) is 3.12. The van der Waals surface area contributed by atoms with Gasteiger partial charge in [0.1, 0.15) is 6.17 Å². The molecule has 2 aliphatic rings. The molecule has 0 amide bonds. The first kappa shape index (κ1) is 13.5. The van der Waals surface area contributed by atoms with E-state index in [4.69, 9.17) is 4.84 Å². The number of hydroxylamine groups is 2. The van der Waals surface area contributed by atoms with E-state index < -0.39 is 0 Å². The van der Waals surface area contributed by atoms with Gasteiger partial charge in [-0.3, -0.25) is 0 Å². The van der Waals surface area contributed by atoms with Crippen molar-refractivity contribution in [3.63, 3.8) is 0 Å². The fraction of sp³-hybridized carbons (Fsp3) is 0.833. The molecule has 1 unspecified atom stereocenters. The molecule has 2 aliphatic heterocycles. The predicted molar refractivity (Wildman–Crippen MR) is 67.8 cm³/mol. The highest BCUT2D eigenvalue weighted by molar-refractivity contribution is 5.85. The summed E-state index contributed by atoms with van der Waals surface area (Å²) < 4.78 is 0. The van der Waals surface area contributed by atoms with Crippen LogP contribution in [0.2, 0.25) is 0 Å². The summed E-state index contributed by atoms with van der Waals surface area (Å²) in [5.74, 6) is 1.07. The van der Waals surface area contributed by atoms with E-state index in [0.717, 1.165) is 5.88 Å². The van der Waals surface area contributed by atoms with Crippen molar-refractivity contribution < 1.29 is 4.84 Å². The van der Waals surface area contributed by atoms with Crippen LogP contribution in [0.1, 0.15) is 52.4 Å². The van der Waals surface area contributed by atoms with E-state index in [9.17, 15) is 0 Å². The molecule has 0 aromatic rings. The van der Waals surface area contributed by atoms with Crippen molar-refractivity contribution in [3.05, 3.63) is 12.1 Å². The third kappa shape index (κ3) is 2.97. The minimum absolute atomic E-state index is 0. The van der Waals surface area contributed by atoms with Crippen LogP contribution in [0.5, 0.6) is 0 Å². The van der Waals surface area contributed by atoms with E-state index in [0.29, 0.717) is 6.17 Å². The molecule has 4 heteroatoms. The second-order valence-corrected chi connectivity index (χ2v) is 4.45. The highest BCUT2D eigenvalue weighted by Crippen LogP contribution is 2.38. The van der Waals surface area contributed by atoms with Gasteiger partial charge in [-0.25, -0.2) is 0 Å². The predicted octanol–water partition coefficient (Wildman–Crippen LogP) is 3.48. The minimum Gasteiger partial charge on any atom is -0.352 e. The normalized spacial score (nSPS) is 21.1. The van der Waals surface area contributed by atoms with Gasteiger partial charge in [-0.05, 0) is 12.8 Å². The Bertz CT molecular complexity index is 245. The Labute approximate surface area is 105 Å². The summed E-state index contributed by atoms with van der Waals surface area (Å²) in [6.45, 7) is 5.68. The molecule has 1 saturated heterocycles. The van der Waals surface area contributed by atoms with Crippen molar-refractivity contribution in [1.82, 2.24) is 9.96 Å². The van der Waals surface area contributed by atoms with Gasteiger partial charge >= 0.3 is 0 Å². The van der Waals surface area contributed by atoms with Crippen LogP contribution in [-0.2, 0) is 4.84 Å². The van der Waals surface area contributed by atoms with Crippen LogP contribution in [0.25, 0.3) is 0 Å². The monoisotopic (exact) mass is 246 g/mol. The van der Waals surface area contributed by atoms with E-state index in [-0.39, 0.29) is 12.4 Å². The standard InChI is InChI=1S/C12H22N2O.ClH/c1-3-5-6-7-9-13-10-12-14(15-12)11(13)8-4-2;/h10-11H,3-9H2,1-2H3;1H. The lowest BCUT2D eigenvalue weighted by atomic mass is 10.2. The number of hydrogen-bond donors (Lipinski definition) is 0. The molecule has 1 fully saturated rings. The van der Waals surface area contributed by atoms with Crippen LogP contribution in [-0.4, -0.2) is 22.7 Å². The fourth-order valence-corrected chi connectivity index (χ4v) is 2.21. The van der Waals surface area contributed by atoms with Crippen LogP contribution in [0.4, 0.5) is 0 Å². The summed E-state index contributed by atoms with van der Waals surface area (Å²) in [5.41, 5.74) is 0. The third-order valence-corrected chi connectivity index (χ3v) is 3.12. The number of unbranched alkanes of at least 4 members (excludes halogenated alkanes) is 3. The van der Waals surface area contributed by atoms with Gasteiger partial charge in [0.2, 0.25) is 0 Å². The quantitative estimate of drug-likeness (QED) is 0.506. The second-order valence-electron chi connectivity index (χ2n) is 4.45. The van der Waals surface area contributed by atoms with Crippen molar-refractivity contribution in [2.24, 2.45) is 0 Å². The summed E-state index contributed by atoms with van der Waals surface area (Å²) in [6, 6.07) is 0. The van der Waals surface area contributed by atoms with Crippen molar-refractivity contribution in [2.75, 3.05) is 6.54 Å². The van der Waals surface area contributed by atoms with Gasteiger partial charge in [-0.1, -0.05) is 39.5 Å². The molecular weight excluding hydrogens is 224 g/mol. The van der Waals surface area contributed by atoms with Crippen LogP contribution in [0.3, 0.4) is 0 Å². The molecule has 0 aliphatic carbocycles. The molecule has 0 N–H and O–H groups in total. The van der Waals surface area contributed by atoms with E-state index in [2.05, 4.69) is 24.9 Å². The minimum atomic E-state index is 0. The smallest absolute Gasteiger partial charge is 0.273 e. The van der Waals surface area contributed by atoms with E-state index in [1.165, 1.54) is 45.1 Å². The molecule has 0 aromatic heterocycles. The Kier molecular flexibility index (Phi) is 5.26. The fourth-order valence-electron chi connectivity index (χ4n) is 2.21. The average molecular weight is 247 g/mol. The molecular formula is C12H23ClN2O. The number of fused-ring (bicyclic) bond motifs is 1. The van der Waals surface area contributed by atoms with E-state index in [1.54, 1.807) is 0 Å². The van der Waals surface area contributed by atoms with Gasteiger partial charge in [-0.2, -0.15) is 0 Å². The molecule has 0 radical (unpaired) electrons. The maximum absolute atomic E-state index is 5.33. The van der Waals surface area contributed by atoms with E-state index >= 15 is 0 Å². The Hall–Kier alpha value is -0.570. The topological polar surface area (TPSA) is 18.8 Å². The van der Waals surface area contributed by atoms with E-state index in [1.807, 2.05) is 5.06 Å². The number of halogens is 1. The Morgan fingerprint density at radius 3 is 2.69 bits per heavy atom. The summed E-state index contributed by atoms with van der Waals surface area (Å²) in [6.07, 6.45) is 10.4. The first-order valence-electron chi connectivity index (χ1n) is 6.31. The van der Waals surface area contributed by atoms with Gasteiger partial charge < -0.3 is 9.74 Å². The summed E-state index contributed by atoms with van der Waals surface area (Å²) in [7, 11) is 0. The Morgan fingerprint density at radius 2 is 2.00 bits per heavy atom. The molecule has 3 nitrogen and oxygen atoms in total. The lowest BCUT2D eigenvalue weighted by Gasteiger charge is -2.25. The molecule has 0 bridgehead atoms. The summed E-state index contributed by atoms with van der Waals surface area (Å²) >= 11 is 0. The van der Waals surface area contributed by atoms with Crippen LogP contribution >= 0.6 is 12.4 Å². The zero-order valence-electron chi connectivity index (χ0n) is 10.3. The van der Waals surface area contributed by atoms with Crippen molar-refractivity contribution in [1.29, 1.82) is 0 Å².